The van der Waals surface area contributed by atoms with E-state index < -0.39 is 0 Å². The molecule has 2 heteroatoms. The van der Waals surface area contributed by atoms with Gasteiger partial charge in [-0.1, -0.05) is 64.5 Å². The maximum absolute atomic E-state index is 3.59. The Bertz CT molecular complexity index is 751. The first-order valence-electron chi connectivity index (χ1n) is 7.19. The summed E-state index contributed by atoms with van der Waals surface area (Å²) in [4.78, 5) is 0. The van der Waals surface area contributed by atoms with Gasteiger partial charge in [-0.25, -0.2) is 0 Å². The quantitative estimate of drug-likeness (QED) is 0.666. The van der Waals surface area contributed by atoms with Crippen LogP contribution in [0.5, 0.6) is 0 Å². The van der Waals surface area contributed by atoms with Gasteiger partial charge in [0.1, 0.15) is 0 Å². The fraction of sp³-hybridized carbons (Fsp3) is 0.158. The van der Waals surface area contributed by atoms with Crippen LogP contribution in [0, 0.1) is 0 Å². The van der Waals surface area contributed by atoms with Crippen molar-refractivity contribution >= 4 is 26.7 Å². The van der Waals surface area contributed by atoms with Crippen LogP contribution in [0.15, 0.2) is 71.2 Å². The van der Waals surface area contributed by atoms with E-state index in [-0.39, 0.29) is 0 Å². The van der Waals surface area contributed by atoms with Crippen molar-refractivity contribution in [3.05, 3.63) is 82.3 Å². The maximum Gasteiger partial charge on any atom is 0.0295 e. The molecular weight excluding hydrogens is 322 g/mol. The molecule has 106 valence electrons. The highest BCUT2D eigenvalue weighted by molar-refractivity contribution is 9.10. The van der Waals surface area contributed by atoms with Crippen LogP contribution in [0.2, 0.25) is 0 Å². The zero-order valence-electron chi connectivity index (χ0n) is 12.0. The molecule has 1 atom stereocenters. The van der Waals surface area contributed by atoms with E-state index in [0.717, 1.165) is 11.0 Å². The van der Waals surface area contributed by atoms with Crippen molar-refractivity contribution in [3.8, 4) is 0 Å². The molecule has 0 aliphatic heterocycles. The average molecular weight is 340 g/mol. The SMILES string of the molecule is CC(NCc1ccc2ccccc2c1)c1cccc(Br)c1. The summed E-state index contributed by atoms with van der Waals surface area (Å²) in [5.41, 5.74) is 2.61. The molecule has 21 heavy (non-hydrogen) atoms. The van der Waals surface area contributed by atoms with Crippen LogP contribution in [0.4, 0.5) is 0 Å². The summed E-state index contributed by atoms with van der Waals surface area (Å²) in [6.07, 6.45) is 0. The van der Waals surface area contributed by atoms with Gasteiger partial charge in [-0.15, -0.1) is 0 Å². The van der Waals surface area contributed by atoms with Gasteiger partial charge in [0.2, 0.25) is 0 Å². The molecule has 3 aromatic carbocycles. The Morgan fingerprint density at radius 2 is 1.71 bits per heavy atom. The largest absolute Gasteiger partial charge is 0.306 e. The van der Waals surface area contributed by atoms with Gasteiger partial charge in [0.15, 0.2) is 0 Å². The predicted molar refractivity (Wildman–Crippen MR) is 93.3 cm³/mol. The van der Waals surface area contributed by atoms with E-state index in [1.165, 1.54) is 21.9 Å². The van der Waals surface area contributed by atoms with Gasteiger partial charge in [-0.2, -0.15) is 0 Å². The Balaban J connectivity index is 1.71. The molecule has 0 radical (unpaired) electrons. The van der Waals surface area contributed by atoms with E-state index in [1.54, 1.807) is 0 Å². The van der Waals surface area contributed by atoms with Crippen LogP contribution < -0.4 is 5.32 Å². The summed E-state index contributed by atoms with van der Waals surface area (Å²) in [7, 11) is 0. The van der Waals surface area contributed by atoms with Gasteiger partial charge in [0.05, 0.1) is 0 Å². The molecule has 0 saturated carbocycles. The fourth-order valence-electron chi connectivity index (χ4n) is 2.51. The fourth-order valence-corrected chi connectivity index (χ4v) is 2.93. The second kappa shape index (κ2) is 6.42. The molecule has 0 spiro atoms. The third-order valence-electron chi connectivity index (χ3n) is 3.77. The number of fused-ring (bicyclic) bond motifs is 1. The van der Waals surface area contributed by atoms with Crippen LogP contribution in [-0.2, 0) is 6.54 Å². The van der Waals surface area contributed by atoms with E-state index in [4.69, 9.17) is 0 Å². The Labute approximate surface area is 134 Å². The average Bonchev–Trinajstić information content (AvgIpc) is 2.52. The van der Waals surface area contributed by atoms with Gasteiger partial charge in [0, 0.05) is 17.1 Å². The molecule has 1 nitrogen and oxygen atoms in total. The van der Waals surface area contributed by atoms with Crippen molar-refractivity contribution < 1.29 is 0 Å². The van der Waals surface area contributed by atoms with Gasteiger partial charge in [0.25, 0.3) is 0 Å². The minimum Gasteiger partial charge on any atom is -0.306 e. The smallest absolute Gasteiger partial charge is 0.0295 e. The van der Waals surface area contributed by atoms with Gasteiger partial charge in [-0.05, 0) is 47.0 Å². The molecule has 0 fully saturated rings. The lowest BCUT2D eigenvalue weighted by Gasteiger charge is -2.15. The molecule has 1 N–H and O–H groups in total. The summed E-state index contributed by atoms with van der Waals surface area (Å²) >= 11 is 3.53. The predicted octanol–water partition coefficient (Wildman–Crippen LogP) is 5.45. The highest BCUT2D eigenvalue weighted by atomic mass is 79.9. The molecule has 3 rings (SSSR count). The summed E-state index contributed by atoms with van der Waals surface area (Å²) < 4.78 is 1.12. The highest BCUT2D eigenvalue weighted by Gasteiger charge is 2.05. The zero-order chi connectivity index (χ0) is 14.7. The molecule has 0 saturated heterocycles. The van der Waals surface area contributed by atoms with E-state index in [9.17, 15) is 0 Å². The summed E-state index contributed by atoms with van der Waals surface area (Å²) in [5.74, 6) is 0. The number of halogens is 1. The molecule has 0 amide bonds. The monoisotopic (exact) mass is 339 g/mol. The van der Waals surface area contributed by atoms with E-state index in [1.807, 2.05) is 0 Å². The van der Waals surface area contributed by atoms with Crippen molar-refractivity contribution in [1.29, 1.82) is 0 Å². The second-order valence-corrected chi connectivity index (χ2v) is 6.25. The van der Waals surface area contributed by atoms with E-state index in [2.05, 4.69) is 94.9 Å². The summed E-state index contributed by atoms with van der Waals surface area (Å²) in [5, 5.41) is 6.18. The van der Waals surface area contributed by atoms with Crippen molar-refractivity contribution in [3.63, 3.8) is 0 Å². The third kappa shape index (κ3) is 3.52. The molecule has 0 aliphatic carbocycles. The van der Waals surface area contributed by atoms with E-state index in [0.29, 0.717) is 6.04 Å². The first-order valence-corrected chi connectivity index (χ1v) is 7.98. The molecule has 1 unspecified atom stereocenters. The summed E-state index contributed by atoms with van der Waals surface area (Å²) in [6, 6.07) is 23.9. The Kier molecular flexibility index (Phi) is 4.37. The topological polar surface area (TPSA) is 12.0 Å². The van der Waals surface area contributed by atoms with Crippen LogP contribution in [0.3, 0.4) is 0 Å². The highest BCUT2D eigenvalue weighted by Crippen LogP contribution is 2.19. The number of nitrogens with one attached hydrogen (secondary N) is 1. The van der Waals surface area contributed by atoms with Crippen molar-refractivity contribution in [2.24, 2.45) is 0 Å². The van der Waals surface area contributed by atoms with E-state index >= 15 is 0 Å². The number of rotatable bonds is 4. The van der Waals surface area contributed by atoms with Crippen molar-refractivity contribution in [2.45, 2.75) is 19.5 Å². The molecule has 0 aromatic heterocycles. The normalized spacial score (nSPS) is 12.5. The summed E-state index contributed by atoms with van der Waals surface area (Å²) in [6.45, 7) is 3.07. The van der Waals surface area contributed by atoms with Gasteiger partial charge < -0.3 is 5.32 Å². The van der Waals surface area contributed by atoms with Crippen LogP contribution in [-0.4, -0.2) is 0 Å². The number of benzene rings is 3. The van der Waals surface area contributed by atoms with Crippen molar-refractivity contribution in [1.82, 2.24) is 5.32 Å². The maximum atomic E-state index is 3.59. The van der Waals surface area contributed by atoms with Crippen LogP contribution in [0.25, 0.3) is 10.8 Å². The lowest BCUT2D eigenvalue weighted by molar-refractivity contribution is 0.575. The molecule has 0 heterocycles. The molecular formula is C19H18BrN. The number of hydrogen-bond acceptors (Lipinski definition) is 1. The number of hydrogen-bond donors (Lipinski definition) is 1. The molecule has 0 bridgehead atoms. The minimum absolute atomic E-state index is 0.328. The third-order valence-corrected chi connectivity index (χ3v) is 4.27. The second-order valence-electron chi connectivity index (χ2n) is 5.34. The zero-order valence-corrected chi connectivity index (χ0v) is 13.6. The lowest BCUT2D eigenvalue weighted by Crippen LogP contribution is -2.18. The Morgan fingerprint density at radius 3 is 2.52 bits per heavy atom. The lowest BCUT2D eigenvalue weighted by atomic mass is 10.1. The van der Waals surface area contributed by atoms with Crippen LogP contribution in [0.1, 0.15) is 24.1 Å². The molecule has 3 aromatic rings. The standard InChI is InChI=1S/C19H18BrN/c1-14(17-7-4-8-19(20)12-17)21-13-15-9-10-16-5-2-3-6-18(16)11-15/h2-12,14,21H,13H2,1H3. The van der Waals surface area contributed by atoms with Gasteiger partial charge >= 0.3 is 0 Å². The Hall–Kier alpha value is -1.64. The first-order chi connectivity index (χ1) is 10.2. The minimum atomic E-state index is 0.328. The molecule has 0 aliphatic rings. The Morgan fingerprint density at radius 1 is 0.905 bits per heavy atom. The van der Waals surface area contributed by atoms with Gasteiger partial charge in [-0.3, -0.25) is 0 Å². The first kappa shape index (κ1) is 14.3. The van der Waals surface area contributed by atoms with Crippen molar-refractivity contribution in [2.75, 3.05) is 0 Å². The van der Waals surface area contributed by atoms with Crippen LogP contribution >= 0.6 is 15.9 Å².